The van der Waals surface area contributed by atoms with Crippen LogP contribution in [0.2, 0.25) is 5.02 Å². The minimum absolute atomic E-state index is 0.0425. The number of benzene rings is 2. The SMILES string of the molecule is O=C(CSc1nnc(-c2ccccc2Cl)n1-c1cccc(C(F)(F)F)c1)Nc1nccs1. The molecule has 0 aliphatic carbocycles. The molecule has 0 spiro atoms. The molecule has 0 bridgehead atoms. The van der Waals surface area contributed by atoms with Crippen LogP contribution in [0.5, 0.6) is 0 Å². The number of alkyl halides is 3. The standard InChI is InChI=1S/C20H13ClF3N5OS2/c21-15-7-2-1-6-14(15)17-27-28-19(32-11-16(30)26-18-25-8-9-31-18)29(17)13-5-3-4-12(10-13)20(22,23)24/h1-10H,11H2,(H,25,26,30). The summed E-state index contributed by atoms with van der Waals surface area (Å²) in [5.74, 6) is -0.111. The minimum Gasteiger partial charge on any atom is -0.301 e. The highest BCUT2D eigenvalue weighted by Crippen LogP contribution is 2.35. The van der Waals surface area contributed by atoms with E-state index in [9.17, 15) is 18.0 Å². The maximum atomic E-state index is 13.3. The number of aromatic nitrogens is 4. The molecule has 0 saturated carbocycles. The Morgan fingerprint density at radius 2 is 1.97 bits per heavy atom. The number of halogens is 4. The lowest BCUT2D eigenvalue weighted by atomic mass is 10.1. The summed E-state index contributed by atoms with van der Waals surface area (Å²) < 4.78 is 41.4. The predicted octanol–water partition coefficient (Wildman–Crippen LogP) is 5.79. The van der Waals surface area contributed by atoms with Gasteiger partial charge in [-0.1, -0.05) is 41.6 Å². The lowest BCUT2D eigenvalue weighted by molar-refractivity contribution is -0.137. The summed E-state index contributed by atoms with van der Waals surface area (Å²) in [7, 11) is 0. The third-order valence-electron chi connectivity index (χ3n) is 4.19. The van der Waals surface area contributed by atoms with Crippen molar-refractivity contribution < 1.29 is 18.0 Å². The normalized spacial score (nSPS) is 11.5. The smallest absolute Gasteiger partial charge is 0.301 e. The first-order valence-corrected chi connectivity index (χ1v) is 11.3. The fraction of sp³-hybridized carbons (Fsp3) is 0.100. The fourth-order valence-corrected chi connectivity index (χ4v) is 4.32. The Bertz CT molecular complexity index is 1240. The Morgan fingerprint density at radius 1 is 1.16 bits per heavy atom. The lowest BCUT2D eigenvalue weighted by Crippen LogP contribution is -2.14. The molecule has 164 valence electrons. The van der Waals surface area contributed by atoms with Crippen LogP contribution in [0, 0.1) is 0 Å². The van der Waals surface area contributed by atoms with Gasteiger partial charge in [-0.25, -0.2) is 4.98 Å². The molecule has 4 rings (SSSR count). The van der Waals surface area contributed by atoms with Gasteiger partial charge in [0.2, 0.25) is 5.91 Å². The highest BCUT2D eigenvalue weighted by Gasteiger charge is 2.31. The average molecular weight is 496 g/mol. The Balaban J connectivity index is 1.71. The second kappa shape index (κ2) is 9.31. The molecule has 0 atom stereocenters. The van der Waals surface area contributed by atoms with Gasteiger partial charge in [0.1, 0.15) is 0 Å². The van der Waals surface area contributed by atoms with Gasteiger partial charge < -0.3 is 5.32 Å². The molecule has 0 unspecified atom stereocenters. The van der Waals surface area contributed by atoms with Crippen LogP contribution >= 0.6 is 34.7 Å². The number of nitrogens with one attached hydrogen (secondary N) is 1. The van der Waals surface area contributed by atoms with E-state index in [1.807, 2.05) is 0 Å². The molecule has 0 aliphatic heterocycles. The number of hydrogen-bond donors (Lipinski definition) is 1. The first kappa shape index (κ1) is 22.3. The molecule has 12 heteroatoms. The van der Waals surface area contributed by atoms with Gasteiger partial charge in [-0.2, -0.15) is 13.2 Å². The molecule has 0 saturated heterocycles. The molecular formula is C20H13ClF3N5OS2. The molecule has 2 aromatic heterocycles. The number of hydrogen-bond acceptors (Lipinski definition) is 6. The summed E-state index contributed by atoms with van der Waals surface area (Å²) in [6.07, 6.45) is -2.96. The number of thiazole rings is 1. The first-order chi connectivity index (χ1) is 15.3. The van der Waals surface area contributed by atoms with Gasteiger partial charge in [0.25, 0.3) is 0 Å². The van der Waals surface area contributed by atoms with Gasteiger partial charge in [-0.15, -0.1) is 21.5 Å². The van der Waals surface area contributed by atoms with Crippen molar-refractivity contribution in [3.63, 3.8) is 0 Å². The summed E-state index contributed by atoms with van der Waals surface area (Å²) in [6.45, 7) is 0. The zero-order valence-electron chi connectivity index (χ0n) is 16.0. The zero-order chi connectivity index (χ0) is 22.7. The Kier molecular flexibility index (Phi) is 6.49. The number of carbonyl (C=O) groups excluding carboxylic acids is 1. The number of carbonyl (C=O) groups is 1. The molecule has 2 aromatic carbocycles. The van der Waals surface area contributed by atoms with E-state index in [0.29, 0.717) is 15.7 Å². The monoisotopic (exact) mass is 495 g/mol. The van der Waals surface area contributed by atoms with Crippen LogP contribution in [0.4, 0.5) is 18.3 Å². The maximum Gasteiger partial charge on any atom is 0.416 e. The van der Waals surface area contributed by atoms with Crippen LogP contribution in [0.1, 0.15) is 5.56 Å². The topological polar surface area (TPSA) is 72.7 Å². The molecule has 6 nitrogen and oxygen atoms in total. The lowest BCUT2D eigenvalue weighted by Gasteiger charge is -2.13. The Morgan fingerprint density at radius 3 is 2.69 bits per heavy atom. The quantitative estimate of drug-likeness (QED) is 0.342. The van der Waals surface area contributed by atoms with E-state index < -0.39 is 11.7 Å². The van der Waals surface area contributed by atoms with Crippen molar-refractivity contribution in [3.05, 3.63) is 70.7 Å². The predicted molar refractivity (Wildman–Crippen MR) is 118 cm³/mol. The first-order valence-electron chi connectivity index (χ1n) is 9.03. The van der Waals surface area contributed by atoms with Crippen molar-refractivity contribution in [2.24, 2.45) is 0 Å². The van der Waals surface area contributed by atoms with Gasteiger partial charge in [-0.3, -0.25) is 9.36 Å². The van der Waals surface area contributed by atoms with Crippen LogP contribution in [0.3, 0.4) is 0 Å². The van der Waals surface area contributed by atoms with Crippen molar-refractivity contribution >= 4 is 45.7 Å². The third-order valence-corrected chi connectivity index (χ3v) is 6.14. The second-order valence-electron chi connectivity index (χ2n) is 6.34. The van der Waals surface area contributed by atoms with E-state index in [1.54, 1.807) is 35.8 Å². The largest absolute Gasteiger partial charge is 0.416 e. The summed E-state index contributed by atoms with van der Waals surface area (Å²) >= 11 is 8.61. The zero-order valence-corrected chi connectivity index (χ0v) is 18.4. The third kappa shape index (κ3) is 4.95. The number of thioether (sulfide) groups is 1. The Hall–Kier alpha value is -2.89. The van der Waals surface area contributed by atoms with Gasteiger partial charge in [0, 0.05) is 17.1 Å². The van der Waals surface area contributed by atoms with Gasteiger partial charge in [-0.05, 0) is 30.3 Å². The van der Waals surface area contributed by atoms with E-state index in [2.05, 4.69) is 20.5 Å². The summed E-state index contributed by atoms with van der Waals surface area (Å²) in [5.41, 5.74) is -0.119. The van der Waals surface area contributed by atoms with Crippen molar-refractivity contribution in [1.82, 2.24) is 19.7 Å². The van der Waals surface area contributed by atoms with Crippen molar-refractivity contribution in [3.8, 4) is 17.1 Å². The van der Waals surface area contributed by atoms with Gasteiger partial charge >= 0.3 is 6.18 Å². The summed E-state index contributed by atoms with van der Waals surface area (Å²) in [4.78, 5) is 16.2. The summed E-state index contributed by atoms with van der Waals surface area (Å²) in [5, 5.41) is 13.7. The molecule has 1 N–H and O–H groups in total. The highest BCUT2D eigenvalue weighted by atomic mass is 35.5. The highest BCUT2D eigenvalue weighted by molar-refractivity contribution is 7.99. The second-order valence-corrected chi connectivity index (χ2v) is 8.59. The number of rotatable bonds is 6. The van der Waals surface area contributed by atoms with E-state index in [-0.39, 0.29) is 28.3 Å². The van der Waals surface area contributed by atoms with Crippen LogP contribution in [0.25, 0.3) is 17.1 Å². The maximum absolute atomic E-state index is 13.3. The molecule has 0 radical (unpaired) electrons. The molecule has 4 aromatic rings. The van der Waals surface area contributed by atoms with E-state index in [0.717, 1.165) is 23.9 Å². The molecule has 0 fully saturated rings. The van der Waals surface area contributed by atoms with E-state index >= 15 is 0 Å². The van der Waals surface area contributed by atoms with E-state index in [4.69, 9.17) is 11.6 Å². The van der Waals surface area contributed by atoms with Crippen LogP contribution in [-0.2, 0) is 11.0 Å². The molecule has 0 aliphatic rings. The molecule has 32 heavy (non-hydrogen) atoms. The van der Waals surface area contributed by atoms with Crippen LogP contribution in [-0.4, -0.2) is 31.4 Å². The van der Waals surface area contributed by atoms with Crippen molar-refractivity contribution in [2.45, 2.75) is 11.3 Å². The number of amides is 1. The van der Waals surface area contributed by atoms with Crippen molar-refractivity contribution in [2.75, 3.05) is 11.1 Å². The fourth-order valence-electron chi connectivity index (χ4n) is 2.81. The minimum atomic E-state index is -4.52. The van der Waals surface area contributed by atoms with Crippen LogP contribution < -0.4 is 5.32 Å². The van der Waals surface area contributed by atoms with E-state index in [1.165, 1.54) is 28.0 Å². The van der Waals surface area contributed by atoms with Crippen LogP contribution in [0.15, 0.2) is 65.3 Å². The number of nitrogens with zero attached hydrogens (tertiary/aromatic N) is 4. The molecular weight excluding hydrogens is 483 g/mol. The van der Waals surface area contributed by atoms with Gasteiger partial charge in [0.15, 0.2) is 16.1 Å². The Labute approximate surface area is 193 Å². The molecule has 2 heterocycles. The average Bonchev–Trinajstić information content (AvgIpc) is 3.42. The van der Waals surface area contributed by atoms with Crippen molar-refractivity contribution in [1.29, 1.82) is 0 Å². The van der Waals surface area contributed by atoms with Gasteiger partial charge in [0.05, 0.1) is 22.0 Å². The summed E-state index contributed by atoms with van der Waals surface area (Å²) in [6, 6.07) is 11.6. The number of anilines is 1. The molecule has 1 amide bonds.